The molecular weight excluding hydrogens is 200 g/mol. The smallest absolute Gasteiger partial charge is 0.331 e. The Labute approximate surface area is 98.7 Å². The van der Waals surface area contributed by atoms with Crippen molar-refractivity contribution in [2.45, 2.75) is 59.8 Å². The highest BCUT2D eigenvalue weighted by Crippen LogP contribution is 2.40. The van der Waals surface area contributed by atoms with E-state index in [1.165, 1.54) is 5.57 Å². The molecule has 2 nitrogen and oxygen atoms in total. The normalized spacial score (nSPS) is 22.0. The lowest BCUT2D eigenvalue weighted by atomic mass is 9.70. The Morgan fingerprint density at radius 1 is 1.31 bits per heavy atom. The van der Waals surface area contributed by atoms with E-state index in [1.54, 1.807) is 0 Å². The maximum absolute atomic E-state index is 11.1. The molecule has 0 aromatic carbocycles. The molecule has 1 fully saturated rings. The van der Waals surface area contributed by atoms with Crippen LogP contribution in [0.5, 0.6) is 0 Å². The molecule has 0 radical (unpaired) electrons. The molecule has 2 heteroatoms. The first-order chi connectivity index (χ1) is 7.36. The lowest BCUT2D eigenvalue weighted by molar-refractivity contribution is -0.132. The number of hydrogen-bond acceptors (Lipinski definition) is 1. The standard InChI is InChI=1S/C14H24O2/c1-5-12(13(15)16)10-6-8-11(9-7-10)14(2,3)4/h11H,5-9H2,1-4H3,(H,15,16). The van der Waals surface area contributed by atoms with Gasteiger partial charge in [0.1, 0.15) is 0 Å². The number of hydrogen-bond donors (Lipinski definition) is 1. The average Bonchev–Trinajstić information content (AvgIpc) is 2.17. The molecule has 1 aliphatic rings. The van der Waals surface area contributed by atoms with Gasteiger partial charge < -0.3 is 5.11 Å². The van der Waals surface area contributed by atoms with E-state index in [2.05, 4.69) is 20.8 Å². The third-order valence-electron chi connectivity index (χ3n) is 3.85. The van der Waals surface area contributed by atoms with E-state index in [0.29, 0.717) is 17.4 Å². The van der Waals surface area contributed by atoms with Crippen LogP contribution in [0, 0.1) is 11.3 Å². The summed E-state index contributed by atoms with van der Waals surface area (Å²) in [6, 6.07) is 0. The van der Waals surface area contributed by atoms with E-state index >= 15 is 0 Å². The highest BCUT2D eigenvalue weighted by Gasteiger charge is 2.28. The van der Waals surface area contributed by atoms with E-state index in [9.17, 15) is 4.79 Å². The van der Waals surface area contributed by atoms with E-state index in [1.807, 2.05) is 6.92 Å². The van der Waals surface area contributed by atoms with E-state index < -0.39 is 5.97 Å². The zero-order valence-electron chi connectivity index (χ0n) is 11.0. The number of allylic oxidation sites excluding steroid dienone is 1. The minimum Gasteiger partial charge on any atom is -0.478 e. The maximum Gasteiger partial charge on any atom is 0.331 e. The first kappa shape index (κ1) is 13.3. The van der Waals surface area contributed by atoms with Crippen molar-refractivity contribution in [3.63, 3.8) is 0 Å². The van der Waals surface area contributed by atoms with Crippen molar-refractivity contribution in [2.75, 3.05) is 0 Å². The molecule has 92 valence electrons. The van der Waals surface area contributed by atoms with Gasteiger partial charge in [-0.15, -0.1) is 0 Å². The van der Waals surface area contributed by atoms with Gasteiger partial charge in [0.15, 0.2) is 0 Å². The van der Waals surface area contributed by atoms with Gasteiger partial charge in [-0.3, -0.25) is 0 Å². The summed E-state index contributed by atoms with van der Waals surface area (Å²) in [4.78, 5) is 11.1. The van der Waals surface area contributed by atoms with E-state index in [-0.39, 0.29) is 0 Å². The van der Waals surface area contributed by atoms with Gasteiger partial charge in [0.2, 0.25) is 0 Å². The van der Waals surface area contributed by atoms with Crippen LogP contribution in [0.1, 0.15) is 59.8 Å². The van der Waals surface area contributed by atoms with Crippen LogP contribution in [-0.2, 0) is 4.79 Å². The van der Waals surface area contributed by atoms with Gasteiger partial charge in [-0.2, -0.15) is 0 Å². The molecular formula is C14H24O2. The third-order valence-corrected chi connectivity index (χ3v) is 3.85. The zero-order valence-corrected chi connectivity index (χ0v) is 11.0. The Morgan fingerprint density at radius 3 is 2.12 bits per heavy atom. The fourth-order valence-corrected chi connectivity index (χ4v) is 2.69. The molecule has 0 aromatic rings. The van der Waals surface area contributed by atoms with Crippen LogP contribution in [0.25, 0.3) is 0 Å². The molecule has 0 heterocycles. The van der Waals surface area contributed by atoms with Gasteiger partial charge in [0.25, 0.3) is 0 Å². The molecule has 0 bridgehead atoms. The van der Waals surface area contributed by atoms with Crippen LogP contribution >= 0.6 is 0 Å². The molecule has 0 saturated heterocycles. The van der Waals surface area contributed by atoms with Crippen LogP contribution in [0.4, 0.5) is 0 Å². The fourth-order valence-electron chi connectivity index (χ4n) is 2.69. The summed E-state index contributed by atoms with van der Waals surface area (Å²) in [6.07, 6.45) is 4.92. The number of rotatable bonds is 2. The lowest BCUT2D eigenvalue weighted by Gasteiger charge is -2.35. The van der Waals surface area contributed by atoms with Crippen molar-refractivity contribution in [3.8, 4) is 0 Å². The Balaban J connectivity index is 2.71. The minimum atomic E-state index is -0.716. The molecule has 1 N–H and O–H groups in total. The van der Waals surface area contributed by atoms with Crippen LogP contribution < -0.4 is 0 Å². The molecule has 1 saturated carbocycles. The molecule has 0 aromatic heterocycles. The number of carboxylic acid groups (broad SMARTS) is 1. The molecule has 0 spiro atoms. The van der Waals surface area contributed by atoms with Gasteiger partial charge in [0, 0.05) is 5.57 Å². The largest absolute Gasteiger partial charge is 0.478 e. The van der Waals surface area contributed by atoms with Crippen LogP contribution in [-0.4, -0.2) is 11.1 Å². The zero-order chi connectivity index (χ0) is 12.3. The molecule has 0 aliphatic heterocycles. The summed E-state index contributed by atoms with van der Waals surface area (Å²) in [7, 11) is 0. The SMILES string of the molecule is CCC(C(=O)O)=C1CCC(C(C)(C)C)CC1. The lowest BCUT2D eigenvalue weighted by Crippen LogP contribution is -2.24. The van der Waals surface area contributed by atoms with Crippen LogP contribution in [0.2, 0.25) is 0 Å². The second-order valence-corrected chi connectivity index (χ2v) is 5.88. The van der Waals surface area contributed by atoms with Gasteiger partial charge in [-0.25, -0.2) is 4.79 Å². The summed E-state index contributed by atoms with van der Waals surface area (Å²) >= 11 is 0. The van der Waals surface area contributed by atoms with Gasteiger partial charge in [-0.05, 0) is 43.4 Å². The summed E-state index contributed by atoms with van der Waals surface area (Å²) in [5.41, 5.74) is 2.21. The third kappa shape index (κ3) is 3.10. The monoisotopic (exact) mass is 224 g/mol. The maximum atomic E-state index is 11.1. The average molecular weight is 224 g/mol. The first-order valence-corrected chi connectivity index (χ1v) is 6.30. The van der Waals surface area contributed by atoms with Crippen LogP contribution in [0.15, 0.2) is 11.1 Å². The highest BCUT2D eigenvalue weighted by atomic mass is 16.4. The fraction of sp³-hybridized carbons (Fsp3) is 0.786. The first-order valence-electron chi connectivity index (χ1n) is 6.30. The van der Waals surface area contributed by atoms with Crippen LogP contribution in [0.3, 0.4) is 0 Å². The Bertz CT molecular complexity index is 284. The molecule has 1 aliphatic carbocycles. The molecule has 0 unspecified atom stereocenters. The number of carbonyl (C=O) groups is 1. The van der Waals surface area contributed by atoms with Gasteiger partial charge in [-0.1, -0.05) is 33.3 Å². The van der Waals surface area contributed by atoms with Gasteiger partial charge >= 0.3 is 5.97 Å². The molecule has 0 amide bonds. The Kier molecular flexibility index (Phi) is 4.17. The molecule has 0 atom stereocenters. The number of aliphatic carboxylic acids is 1. The summed E-state index contributed by atoms with van der Waals surface area (Å²) < 4.78 is 0. The predicted octanol–water partition coefficient (Wildman–Crippen LogP) is 4.01. The Hall–Kier alpha value is -0.790. The molecule has 1 rings (SSSR count). The molecule has 16 heavy (non-hydrogen) atoms. The van der Waals surface area contributed by atoms with Crippen molar-refractivity contribution >= 4 is 5.97 Å². The van der Waals surface area contributed by atoms with E-state index in [4.69, 9.17) is 5.11 Å². The topological polar surface area (TPSA) is 37.3 Å². The Morgan fingerprint density at radius 2 is 1.81 bits per heavy atom. The summed E-state index contributed by atoms with van der Waals surface area (Å²) in [5, 5.41) is 9.09. The highest BCUT2D eigenvalue weighted by molar-refractivity contribution is 5.87. The second kappa shape index (κ2) is 5.03. The van der Waals surface area contributed by atoms with Crippen molar-refractivity contribution in [2.24, 2.45) is 11.3 Å². The van der Waals surface area contributed by atoms with E-state index in [0.717, 1.165) is 31.6 Å². The second-order valence-electron chi connectivity index (χ2n) is 5.88. The van der Waals surface area contributed by atoms with Gasteiger partial charge in [0.05, 0.1) is 0 Å². The summed E-state index contributed by atoms with van der Waals surface area (Å²) in [6.45, 7) is 8.78. The number of carboxylic acids is 1. The predicted molar refractivity (Wildman–Crippen MR) is 66.4 cm³/mol. The van der Waals surface area contributed by atoms with Crippen molar-refractivity contribution in [1.82, 2.24) is 0 Å². The van der Waals surface area contributed by atoms with Crippen molar-refractivity contribution in [1.29, 1.82) is 0 Å². The van der Waals surface area contributed by atoms with Crippen molar-refractivity contribution < 1.29 is 9.90 Å². The quantitative estimate of drug-likeness (QED) is 0.719. The van der Waals surface area contributed by atoms with Crippen molar-refractivity contribution in [3.05, 3.63) is 11.1 Å². The minimum absolute atomic E-state index is 0.362. The summed E-state index contributed by atoms with van der Waals surface area (Å²) in [5.74, 6) is 0.0230.